The number of thiazole rings is 1. The van der Waals surface area contributed by atoms with Crippen LogP contribution >= 0.6 is 22.9 Å². The molecule has 2 heterocycles. The van der Waals surface area contributed by atoms with Crippen molar-refractivity contribution >= 4 is 28.8 Å². The molecule has 25 heavy (non-hydrogen) atoms. The number of halogens is 1. The number of nitrogens with one attached hydrogen (secondary N) is 1. The van der Waals surface area contributed by atoms with E-state index in [9.17, 15) is 4.79 Å². The Morgan fingerprint density at radius 3 is 2.76 bits per heavy atom. The van der Waals surface area contributed by atoms with Crippen molar-refractivity contribution in [3.05, 3.63) is 64.1 Å². The first-order valence-electron chi connectivity index (χ1n) is 7.71. The van der Waals surface area contributed by atoms with E-state index in [-0.39, 0.29) is 12.5 Å². The summed E-state index contributed by atoms with van der Waals surface area (Å²) in [5.74, 6) is 0.441. The maximum Gasteiger partial charge on any atom is 0.257 e. The van der Waals surface area contributed by atoms with Gasteiger partial charge in [0, 0.05) is 29.6 Å². The van der Waals surface area contributed by atoms with Gasteiger partial charge in [-0.2, -0.15) is 0 Å². The summed E-state index contributed by atoms with van der Waals surface area (Å²) >= 11 is 7.36. The highest BCUT2D eigenvalue weighted by Crippen LogP contribution is 2.19. The number of carbonyl (C=O) groups excluding carboxylic acids is 1. The van der Waals surface area contributed by atoms with E-state index >= 15 is 0 Å². The van der Waals surface area contributed by atoms with Crippen LogP contribution in [0.15, 0.2) is 54.0 Å². The van der Waals surface area contributed by atoms with Crippen molar-refractivity contribution in [1.82, 2.24) is 15.3 Å². The van der Waals surface area contributed by atoms with Gasteiger partial charge < -0.3 is 10.1 Å². The van der Waals surface area contributed by atoms with Gasteiger partial charge >= 0.3 is 0 Å². The third-order valence-electron chi connectivity index (χ3n) is 3.32. The second kappa shape index (κ2) is 8.60. The number of hydrogen-bond acceptors (Lipinski definition) is 5. The Morgan fingerprint density at radius 2 is 2.00 bits per heavy atom. The van der Waals surface area contributed by atoms with Crippen LogP contribution in [0, 0.1) is 0 Å². The van der Waals surface area contributed by atoms with Gasteiger partial charge in [0.1, 0.15) is 5.75 Å². The summed E-state index contributed by atoms with van der Waals surface area (Å²) in [7, 11) is 0. The van der Waals surface area contributed by atoms with E-state index in [0.717, 1.165) is 16.4 Å². The molecule has 1 N–H and O–H groups in total. The number of aromatic nitrogens is 2. The van der Waals surface area contributed by atoms with Crippen LogP contribution in [-0.2, 0) is 11.2 Å². The number of pyridine rings is 1. The van der Waals surface area contributed by atoms with Crippen LogP contribution in [0.4, 0.5) is 0 Å². The first-order chi connectivity index (χ1) is 12.2. The number of amides is 1. The minimum absolute atomic E-state index is 0.0291. The largest absolute Gasteiger partial charge is 0.484 e. The Morgan fingerprint density at radius 1 is 1.16 bits per heavy atom. The lowest BCUT2D eigenvalue weighted by molar-refractivity contribution is -0.123. The number of rotatable bonds is 7. The molecular weight excluding hydrogens is 358 g/mol. The van der Waals surface area contributed by atoms with E-state index in [4.69, 9.17) is 16.3 Å². The van der Waals surface area contributed by atoms with Crippen LogP contribution in [0.25, 0.3) is 11.4 Å². The number of nitrogens with zero attached hydrogens (tertiary/aromatic N) is 2. The normalized spacial score (nSPS) is 10.4. The molecule has 0 radical (unpaired) electrons. The summed E-state index contributed by atoms with van der Waals surface area (Å²) in [6, 6.07) is 12.6. The summed E-state index contributed by atoms with van der Waals surface area (Å²) in [4.78, 5) is 20.6. The molecule has 0 spiro atoms. The highest BCUT2D eigenvalue weighted by atomic mass is 35.5. The maximum absolute atomic E-state index is 11.8. The molecule has 0 aliphatic rings. The van der Waals surface area contributed by atoms with E-state index in [1.54, 1.807) is 41.8 Å². The van der Waals surface area contributed by atoms with Crippen molar-refractivity contribution in [3.63, 3.8) is 0 Å². The fraction of sp³-hybridized carbons (Fsp3) is 0.167. The third kappa shape index (κ3) is 5.27. The van der Waals surface area contributed by atoms with E-state index in [1.807, 2.05) is 23.6 Å². The van der Waals surface area contributed by atoms with Crippen molar-refractivity contribution in [2.45, 2.75) is 6.42 Å². The summed E-state index contributed by atoms with van der Waals surface area (Å²) in [6.07, 6.45) is 2.42. The zero-order valence-corrected chi connectivity index (χ0v) is 14.9. The topological polar surface area (TPSA) is 64.1 Å². The van der Waals surface area contributed by atoms with Gasteiger partial charge in [-0.05, 0) is 36.4 Å². The fourth-order valence-electron chi connectivity index (χ4n) is 2.10. The van der Waals surface area contributed by atoms with Crippen LogP contribution in [-0.4, -0.2) is 29.0 Å². The molecule has 128 valence electrons. The Labute approximate surface area is 154 Å². The molecule has 0 aliphatic carbocycles. The first-order valence-corrected chi connectivity index (χ1v) is 8.97. The van der Waals surface area contributed by atoms with Crippen LogP contribution in [0.2, 0.25) is 5.02 Å². The molecule has 1 amide bonds. The average molecular weight is 374 g/mol. The maximum atomic E-state index is 11.8. The lowest BCUT2D eigenvalue weighted by Gasteiger charge is -2.06. The average Bonchev–Trinajstić information content (AvgIpc) is 3.11. The van der Waals surface area contributed by atoms with E-state index in [0.29, 0.717) is 23.7 Å². The quantitative estimate of drug-likeness (QED) is 0.687. The minimum Gasteiger partial charge on any atom is -0.484 e. The second-order valence-corrected chi connectivity index (χ2v) is 6.56. The SMILES string of the molecule is O=C(COc1ccc(Cl)cc1)NCCc1nc(-c2ccccn2)cs1. The van der Waals surface area contributed by atoms with Crippen molar-refractivity contribution in [2.24, 2.45) is 0 Å². The predicted molar refractivity (Wildman–Crippen MR) is 99.0 cm³/mol. The molecular formula is C18H16ClN3O2S. The number of benzene rings is 1. The standard InChI is InChI=1S/C18H16ClN3O2S/c19-13-4-6-14(7-5-13)24-11-17(23)21-10-8-18-22-16(12-25-18)15-3-1-2-9-20-15/h1-7,9,12H,8,10-11H2,(H,21,23). The molecule has 0 saturated carbocycles. The Balaban J connectivity index is 1.41. The molecule has 0 unspecified atom stereocenters. The van der Waals surface area contributed by atoms with Gasteiger partial charge in [0.2, 0.25) is 0 Å². The number of carbonyl (C=O) groups is 1. The van der Waals surface area contributed by atoms with E-state index in [2.05, 4.69) is 15.3 Å². The summed E-state index contributed by atoms with van der Waals surface area (Å²) in [6.45, 7) is 0.483. The molecule has 0 bridgehead atoms. The van der Waals surface area contributed by atoms with E-state index in [1.165, 1.54) is 0 Å². The van der Waals surface area contributed by atoms with Gasteiger partial charge in [-0.15, -0.1) is 11.3 Å². The van der Waals surface area contributed by atoms with Crippen LogP contribution in [0.1, 0.15) is 5.01 Å². The van der Waals surface area contributed by atoms with Crippen molar-refractivity contribution in [1.29, 1.82) is 0 Å². The van der Waals surface area contributed by atoms with Crippen LogP contribution < -0.4 is 10.1 Å². The Hall–Kier alpha value is -2.44. The third-order valence-corrected chi connectivity index (χ3v) is 4.48. The molecule has 2 aromatic heterocycles. The summed E-state index contributed by atoms with van der Waals surface area (Å²) < 4.78 is 5.40. The number of hydrogen-bond donors (Lipinski definition) is 1. The molecule has 3 aromatic rings. The lowest BCUT2D eigenvalue weighted by Crippen LogP contribution is -2.30. The second-order valence-electron chi connectivity index (χ2n) is 5.18. The van der Waals surface area contributed by atoms with Crippen molar-refractivity contribution in [3.8, 4) is 17.1 Å². The van der Waals surface area contributed by atoms with Crippen LogP contribution in [0.3, 0.4) is 0 Å². The van der Waals surface area contributed by atoms with Gasteiger partial charge in [-0.25, -0.2) is 4.98 Å². The minimum atomic E-state index is -0.170. The first kappa shape index (κ1) is 17.4. The van der Waals surface area contributed by atoms with Gasteiger partial charge in [0.25, 0.3) is 5.91 Å². The van der Waals surface area contributed by atoms with Gasteiger partial charge in [-0.3, -0.25) is 9.78 Å². The highest BCUT2D eigenvalue weighted by molar-refractivity contribution is 7.09. The van der Waals surface area contributed by atoms with Gasteiger partial charge in [0.05, 0.1) is 16.4 Å². The van der Waals surface area contributed by atoms with Crippen molar-refractivity contribution < 1.29 is 9.53 Å². The Bertz CT molecular complexity index is 822. The van der Waals surface area contributed by atoms with Gasteiger partial charge in [-0.1, -0.05) is 17.7 Å². The zero-order valence-electron chi connectivity index (χ0n) is 13.3. The zero-order chi connectivity index (χ0) is 17.5. The van der Waals surface area contributed by atoms with Crippen molar-refractivity contribution in [2.75, 3.05) is 13.2 Å². The van der Waals surface area contributed by atoms with Gasteiger partial charge in [0.15, 0.2) is 6.61 Å². The highest BCUT2D eigenvalue weighted by Gasteiger charge is 2.07. The Kier molecular flexibility index (Phi) is 5.98. The molecule has 1 aromatic carbocycles. The molecule has 0 fully saturated rings. The monoisotopic (exact) mass is 373 g/mol. The predicted octanol–water partition coefficient (Wildman–Crippen LogP) is 3.60. The smallest absolute Gasteiger partial charge is 0.257 e. The summed E-state index contributed by atoms with van der Waals surface area (Å²) in [5, 5.41) is 6.39. The molecule has 5 nitrogen and oxygen atoms in total. The van der Waals surface area contributed by atoms with Crippen LogP contribution in [0.5, 0.6) is 5.75 Å². The molecule has 7 heteroatoms. The summed E-state index contributed by atoms with van der Waals surface area (Å²) in [5.41, 5.74) is 1.71. The molecule has 3 rings (SSSR count). The molecule has 0 atom stereocenters. The lowest BCUT2D eigenvalue weighted by atomic mass is 10.3. The van der Waals surface area contributed by atoms with E-state index < -0.39 is 0 Å². The fourth-order valence-corrected chi connectivity index (χ4v) is 3.02. The molecule has 0 aliphatic heterocycles. The molecule has 0 saturated heterocycles. The number of ether oxygens (including phenoxy) is 1.